The van der Waals surface area contributed by atoms with Gasteiger partial charge < -0.3 is 9.29 Å². The SMILES string of the molecule is CC(C)(OC(=O)C(F)(F)S(=O)(=O)[O-])C12CC3CC(CC(C3)C1)C2. The highest BCUT2D eigenvalue weighted by atomic mass is 32.2. The van der Waals surface area contributed by atoms with Gasteiger partial charge in [0.2, 0.25) is 0 Å². The Balaban J connectivity index is 1.83. The van der Waals surface area contributed by atoms with Gasteiger partial charge in [0.15, 0.2) is 10.1 Å². The summed E-state index contributed by atoms with van der Waals surface area (Å²) in [6.07, 6.45) is 5.80. The molecule has 0 aromatic carbocycles. The van der Waals surface area contributed by atoms with Gasteiger partial charge in [-0.2, -0.15) is 8.78 Å². The number of hydrogen-bond acceptors (Lipinski definition) is 5. The van der Waals surface area contributed by atoms with Crippen molar-refractivity contribution in [3.05, 3.63) is 0 Å². The van der Waals surface area contributed by atoms with Crippen LogP contribution in [0.2, 0.25) is 0 Å². The van der Waals surface area contributed by atoms with E-state index in [1.807, 2.05) is 0 Å². The number of alkyl halides is 2. The first-order chi connectivity index (χ1) is 10.4. The molecule has 8 heteroatoms. The highest BCUT2D eigenvalue weighted by Crippen LogP contribution is 2.64. The summed E-state index contributed by atoms with van der Waals surface area (Å²) >= 11 is 0. The lowest BCUT2D eigenvalue weighted by molar-refractivity contribution is -0.210. The summed E-state index contributed by atoms with van der Waals surface area (Å²) in [4.78, 5) is 11.7. The molecule has 4 saturated carbocycles. The molecule has 0 saturated heterocycles. The Morgan fingerprint density at radius 3 is 1.83 bits per heavy atom. The van der Waals surface area contributed by atoms with Gasteiger partial charge in [0, 0.05) is 5.41 Å². The summed E-state index contributed by atoms with van der Waals surface area (Å²) in [5.74, 6) is -0.706. The molecule has 132 valence electrons. The summed E-state index contributed by atoms with van der Waals surface area (Å²) in [6.45, 7) is 3.12. The highest BCUT2D eigenvalue weighted by Gasteiger charge is 2.60. The molecule has 5 nitrogen and oxygen atoms in total. The zero-order valence-electron chi connectivity index (χ0n) is 13.2. The summed E-state index contributed by atoms with van der Waals surface area (Å²) in [5.41, 5.74) is -1.63. The molecular weight excluding hydrogens is 330 g/mol. The van der Waals surface area contributed by atoms with Crippen LogP contribution < -0.4 is 0 Å². The Kier molecular flexibility index (Phi) is 3.62. The lowest BCUT2D eigenvalue weighted by Crippen LogP contribution is -2.58. The minimum absolute atomic E-state index is 0.403. The van der Waals surface area contributed by atoms with Crippen LogP contribution in [0.5, 0.6) is 0 Å². The Bertz CT molecular complexity index is 590. The Morgan fingerprint density at radius 2 is 1.48 bits per heavy atom. The van der Waals surface area contributed by atoms with Crippen LogP contribution in [0.3, 0.4) is 0 Å². The smallest absolute Gasteiger partial charge is 0.428 e. The van der Waals surface area contributed by atoms with E-state index in [2.05, 4.69) is 0 Å². The maximum Gasteiger partial charge on any atom is 0.428 e. The van der Waals surface area contributed by atoms with Gasteiger partial charge in [-0.05, 0) is 70.1 Å². The van der Waals surface area contributed by atoms with E-state index in [1.165, 1.54) is 0 Å². The van der Waals surface area contributed by atoms with Crippen molar-refractivity contribution in [3.63, 3.8) is 0 Å². The number of carbonyl (C=O) groups is 1. The third-order valence-corrected chi connectivity index (χ3v) is 7.01. The number of rotatable bonds is 4. The third-order valence-electron chi connectivity index (χ3n) is 6.21. The van der Waals surface area contributed by atoms with Crippen molar-refractivity contribution in [2.24, 2.45) is 23.2 Å². The second-order valence-electron chi connectivity index (χ2n) is 8.07. The fraction of sp³-hybridized carbons (Fsp3) is 0.933. The molecule has 0 heterocycles. The quantitative estimate of drug-likeness (QED) is 0.574. The average Bonchev–Trinajstić information content (AvgIpc) is 2.34. The number of esters is 1. The summed E-state index contributed by atoms with van der Waals surface area (Å²) in [7, 11) is -6.09. The zero-order chi connectivity index (χ0) is 17.3. The van der Waals surface area contributed by atoms with E-state index >= 15 is 0 Å². The third kappa shape index (κ3) is 2.58. The summed E-state index contributed by atoms with van der Waals surface area (Å²) < 4.78 is 63.7. The zero-order valence-corrected chi connectivity index (χ0v) is 14.0. The van der Waals surface area contributed by atoms with E-state index in [9.17, 15) is 26.5 Å². The molecule has 0 unspecified atom stereocenters. The van der Waals surface area contributed by atoms with Gasteiger partial charge in [0.05, 0.1) is 0 Å². The van der Waals surface area contributed by atoms with Crippen LogP contribution in [0.25, 0.3) is 0 Å². The number of ether oxygens (including phenoxy) is 1. The molecule has 23 heavy (non-hydrogen) atoms. The fourth-order valence-electron chi connectivity index (χ4n) is 5.35. The summed E-state index contributed by atoms with van der Waals surface area (Å²) in [5, 5.41) is -5.05. The predicted octanol–water partition coefficient (Wildman–Crippen LogP) is 2.66. The first-order valence-corrected chi connectivity index (χ1v) is 9.34. The van der Waals surface area contributed by atoms with Gasteiger partial charge in [-0.25, -0.2) is 13.2 Å². The summed E-state index contributed by atoms with van der Waals surface area (Å²) in [6, 6.07) is 0. The van der Waals surface area contributed by atoms with E-state index in [4.69, 9.17) is 4.74 Å². The van der Waals surface area contributed by atoms with Crippen LogP contribution in [0.15, 0.2) is 0 Å². The normalized spacial score (nSPS) is 37.0. The first kappa shape index (κ1) is 17.1. The molecule has 0 radical (unpaired) electrons. The van der Waals surface area contributed by atoms with Crippen molar-refractivity contribution >= 4 is 16.1 Å². The Labute approximate surface area is 134 Å². The Hall–Kier alpha value is -0.760. The van der Waals surface area contributed by atoms with Crippen LogP contribution >= 0.6 is 0 Å². The maximum absolute atomic E-state index is 13.5. The van der Waals surface area contributed by atoms with Gasteiger partial charge in [0.1, 0.15) is 5.60 Å². The van der Waals surface area contributed by atoms with Crippen molar-refractivity contribution in [3.8, 4) is 0 Å². The van der Waals surface area contributed by atoms with E-state index in [1.54, 1.807) is 13.8 Å². The van der Waals surface area contributed by atoms with Gasteiger partial charge in [-0.3, -0.25) is 0 Å². The van der Waals surface area contributed by atoms with Gasteiger partial charge >= 0.3 is 11.2 Å². The van der Waals surface area contributed by atoms with Crippen LogP contribution in [0.4, 0.5) is 8.78 Å². The van der Waals surface area contributed by atoms with Crippen LogP contribution in [0, 0.1) is 23.2 Å². The predicted molar refractivity (Wildman–Crippen MR) is 75.4 cm³/mol. The number of carbonyl (C=O) groups excluding carboxylic acids is 1. The minimum Gasteiger partial charge on any atom is -0.743 e. The van der Waals surface area contributed by atoms with Gasteiger partial charge in [-0.15, -0.1) is 0 Å². The van der Waals surface area contributed by atoms with Crippen molar-refractivity contribution in [2.75, 3.05) is 0 Å². The highest BCUT2D eigenvalue weighted by molar-refractivity contribution is 7.87. The van der Waals surface area contributed by atoms with Crippen molar-refractivity contribution in [1.82, 2.24) is 0 Å². The lowest BCUT2D eigenvalue weighted by atomic mass is 9.46. The van der Waals surface area contributed by atoms with Crippen LogP contribution in [-0.2, 0) is 19.6 Å². The van der Waals surface area contributed by atoms with Crippen LogP contribution in [-0.4, -0.2) is 29.8 Å². The minimum atomic E-state index is -6.09. The molecule has 4 aliphatic carbocycles. The van der Waals surface area contributed by atoms with E-state index in [0.29, 0.717) is 17.8 Å². The van der Waals surface area contributed by atoms with Gasteiger partial charge in [0.25, 0.3) is 0 Å². The van der Waals surface area contributed by atoms with E-state index < -0.39 is 32.4 Å². The maximum atomic E-state index is 13.5. The molecule has 4 fully saturated rings. The molecule has 0 N–H and O–H groups in total. The Morgan fingerprint density at radius 1 is 1.09 bits per heavy atom. The van der Waals surface area contributed by atoms with Gasteiger partial charge in [-0.1, -0.05) is 0 Å². The average molecular weight is 351 g/mol. The molecule has 4 aliphatic rings. The molecule has 0 spiro atoms. The standard InChI is InChI=1S/C15H22F2O5S/c1-13(2,22-12(18)15(16,17)23(19,20)21)14-6-9-3-10(7-14)5-11(4-9)8-14/h9-11H,3-8H2,1-2H3,(H,19,20,21)/p-1. The fourth-order valence-corrected chi connectivity index (χ4v) is 5.60. The molecule has 0 amide bonds. The molecule has 0 aliphatic heterocycles. The topological polar surface area (TPSA) is 83.5 Å². The van der Waals surface area contributed by atoms with Crippen molar-refractivity contribution in [1.29, 1.82) is 0 Å². The van der Waals surface area contributed by atoms with E-state index in [-0.39, 0.29) is 0 Å². The second kappa shape index (κ2) is 4.88. The number of hydrogen-bond donors (Lipinski definition) is 0. The first-order valence-electron chi connectivity index (χ1n) is 7.93. The van der Waals surface area contributed by atoms with E-state index in [0.717, 1.165) is 38.5 Å². The monoisotopic (exact) mass is 351 g/mol. The molecule has 0 aromatic rings. The molecule has 4 rings (SSSR count). The largest absolute Gasteiger partial charge is 0.743 e. The second-order valence-corrected chi connectivity index (χ2v) is 9.49. The van der Waals surface area contributed by atoms with Crippen molar-refractivity contribution in [2.45, 2.75) is 63.2 Å². The lowest BCUT2D eigenvalue weighted by Gasteiger charge is -2.61. The molecule has 0 atom stereocenters. The molecule has 4 bridgehead atoms. The van der Waals surface area contributed by atoms with Crippen LogP contribution in [0.1, 0.15) is 52.4 Å². The number of halogens is 2. The van der Waals surface area contributed by atoms with Crippen molar-refractivity contribution < 1.29 is 31.3 Å². The molecule has 0 aromatic heterocycles. The molecular formula is C15H21F2O5S-.